The number of rotatable bonds is 6. The Morgan fingerprint density at radius 2 is 1.76 bits per heavy atom. The van der Waals surface area contributed by atoms with Crippen molar-refractivity contribution in [3.8, 4) is 0 Å². The minimum atomic E-state index is -3.66. The van der Waals surface area contributed by atoms with Crippen LogP contribution in [-0.4, -0.2) is 33.2 Å². The lowest BCUT2D eigenvalue weighted by atomic mass is 10.2. The van der Waals surface area contributed by atoms with Gasteiger partial charge in [0, 0.05) is 6.54 Å². The summed E-state index contributed by atoms with van der Waals surface area (Å²) in [6.45, 7) is 5.85. The van der Waals surface area contributed by atoms with E-state index in [-0.39, 0.29) is 11.6 Å². The van der Waals surface area contributed by atoms with Crippen molar-refractivity contribution in [1.29, 1.82) is 0 Å². The molecular formula is C14H21FN2O3S. The van der Waals surface area contributed by atoms with Crippen LogP contribution in [0.3, 0.4) is 0 Å². The quantitative estimate of drug-likeness (QED) is 0.869. The minimum Gasteiger partial charge on any atom is -0.354 e. The Morgan fingerprint density at radius 1 is 1.24 bits per heavy atom. The van der Waals surface area contributed by atoms with Gasteiger partial charge in [-0.2, -0.15) is 0 Å². The van der Waals surface area contributed by atoms with Crippen molar-refractivity contribution < 1.29 is 17.6 Å². The molecule has 0 saturated heterocycles. The van der Waals surface area contributed by atoms with Crippen LogP contribution in [0, 0.1) is 11.7 Å². The van der Waals surface area contributed by atoms with Gasteiger partial charge in [-0.15, -0.1) is 0 Å². The fraction of sp³-hybridized carbons (Fsp3) is 0.500. The Kier molecular flexibility index (Phi) is 5.71. The topological polar surface area (TPSA) is 66.5 Å². The molecule has 0 aliphatic carbocycles. The summed E-state index contributed by atoms with van der Waals surface area (Å²) in [4.78, 5) is 12.1. The maximum absolute atomic E-state index is 13.0. The Bertz CT molecular complexity index is 585. The van der Waals surface area contributed by atoms with Crippen LogP contribution in [0.2, 0.25) is 0 Å². The highest BCUT2D eigenvalue weighted by Gasteiger charge is 2.28. The molecule has 21 heavy (non-hydrogen) atoms. The smallest absolute Gasteiger partial charge is 0.243 e. The maximum atomic E-state index is 13.0. The van der Waals surface area contributed by atoms with E-state index in [0.29, 0.717) is 6.54 Å². The summed E-state index contributed by atoms with van der Waals surface area (Å²) >= 11 is 0. The molecule has 1 aromatic rings. The van der Waals surface area contributed by atoms with Gasteiger partial charge in [0.1, 0.15) is 11.9 Å². The van der Waals surface area contributed by atoms with Gasteiger partial charge in [0.2, 0.25) is 15.9 Å². The standard InChI is InChI=1S/C14H21FN2O3S/c1-10(2)9-16-14(18)11(3)17(21(4,19)20)13-7-5-12(15)6-8-13/h5-8,10-11H,9H2,1-4H3,(H,16,18)/t11-/m1/s1. The van der Waals surface area contributed by atoms with Crippen molar-refractivity contribution in [2.24, 2.45) is 5.92 Å². The monoisotopic (exact) mass is 316 g/mol. The van der Waals surface area contributed by atoms with Gasteiger partial charge in [-0.25, -0.2) is 12.8 Å². The summed E-state index contributed by atoms with van der Waals surface area (Å²) in [5, 5.41) is 2.70. The van der Waals surface area contributed by atoms with Crippen LogP contribution in [0.25, 0.3) is 0 Å². The summed E-state index contributed by atoms with van der Waals surface area (Å²) in [6.07, 6.45) is 1.02. The number of nitrogens with one attached hydrogen (secondary N) is 1. The SMILES string of the molecule is CC(C)CNC(=O)[C@@H](C)N(c1ccc(F)cc1)S(C)(=O)=O. The average Bonchev–Trinajstić information content (AvgIpc) is 2.36. The molecule has 0 bridgehead atoms. The lowest BCUT2D eigenvalue weighted by Crippen LogP contribution is -2.48. The van der Waals surface area contributed by atoms with Gasteiger partial charge in [-0.05, 0) is 37.1 Å². The molecule has 7 heteroatoms. The zero-order valence-corrected chi connectivity index (χ0v) is 13.4. The normalized spacial score (nSPS) is 13.0. The number of halogens is 1. The van der Waals surface area contributed by atoms with Crippen molar-refractivity contribution >= 4 is 21.6 Å². The predicted molar refractivity (Wildman–Crippen MR) is 81.0 cm³/mol. The van der Waals surface area contributed by atoms with Crippen LogP contribution >= 0.6 is 0 Å². The van der Waals surface area contributed by atoms with E-state index in [9.17, 15) is 17.6 Å². The molecule has 118 valence electrons. The van der Waals surface area contributed by atoms with Crippen LogP contribution < -0.4 is 9.62 Å². The van der Waals surface area contributed by atoms with E-state index in [4.69, 9.17) is 0 Å². The first-order chi connectivity index (χ1) is 9.62. The Hall–Kier alpha value is -1.63. The average molecular weight is 316 g/mol. The summed E-state index contributed by atoms with van der Waals surface area (Å²) < 4.78 is 37.9. The van der Waals surface area contributed by atoms with Gasteiger partial charge < -0.3 is 5.32 Å². The molecule has 5 nitrogen and oxygen atoms in total. The molecule has 0 heterocycles. The summed E-state index contributed by atoms with van der Waals surface area (Å²) in [5.41, 5.74) is 0.256. The molecule has 1 rings (SSSR count). The lowest BCUT2D eigenvalue weighted by Gasteiger charge is -2.28. The molecule has 1 atom stereocenters. The van der Waals surface area contributed by atoms with Gasteiger partial charge in [0.25, 0.3) is 0 Å². The molecule has 1 amide bonds. The van der Waals surface area contributed by atoms with E-state index in [2.05, 4.69) is 5.32 Å². The second kappa shape index (κ2) is 6.89. The predicted octanol–water partition coefficient (Wildman–Crippen LogP) is 1.75. The zero-order valence-electron chi connectivity index (χ0n) is 12.6. The molecule has 0 aliphatic rings. The fourth-order valence-electron chi connectivity index (χ4n) is 1.85. The number of amides is 1. The van der Waals surface area contributed by atoms with Crippen LogP contribution in [0.1, 0.15) is 20.8 Å². The van der Waals surface area contributed by atoms with Gasteiger partial charge in [-0.1, -0.05) is 13.8 Å². The van der Waals surface area contributed by atoms with Crippen molar-refractivity contribution in [2.45, 2.75) is 26.8 Å². The van der Waals surface area contributed by atoms with Crippen molar-refractivity contribution in [2.75, 3.05) is 17.1 Å². The number of hydrogen-bond donors (Lipinski definition) is 1. The second-order valence-corrected chi connectivity index (χ2v) is 7.21. The van der Waals surface area contributed by atoms with E-state index in [0.717, 1.165) is 22.7 Å². The molecular weight excluding hydrogens is 295 g/mol. The second-order valence-electron chi connectivity index (χ2n) is 5.35. The van der Waals surface area contributed by atoms with Crippen molar-refractivity contribution in [3.63, 3.8) is 0 Å². The summed E-state index contributed by atoms with van der Waals surface area (Å²) in [7, 11) is -3.66. The molecule has 0 spiro atoms. The molecule has 0 unspecified atom stereocenters. The molecule has 0 aromatic heterocycles. The zero-order chi connectivity index (χ0) is 16.2. The number of carbonyl (C=O) groups excluding carboxylic acids is 1. The number of anilines is 1. The largest absolute Gasteiger partial charge is 0.354 e. The van der Waals surface area contributed by atoms with E-state index in [1.165, 1.54) is 19.1 Å². The molecule has 0 aliphatic heterocycles. The van der Waals surface area contributed by atoms with Gasteiger partial charge >= 0.3 is 0 Å². The number of benzene rings is 1. The lowest BCUT2D eigenvalue weighted by molar-refractivity contribution is -0.121. The number of carbonyl (C=O) groups is 1. The Labute approximate surface area is 125 Å². The third-order valence-corrected chi connectivity index (χ3v) is 4.10. The third kappa shape index (κ3) is 5.00. The minimum absolute atomic E-state index is 0.256. The molecule has 0 saturated carbocycles. The number of sulfonamides is 1. The summed E-state index contributed by atoms with van der Waals surface area (Å²) in [5.74, 6) is -0.596. The van der Waals surface area contributed by atoms with Crippen LogP contribution in [0.4, 0.5) is 10.1 Å². The van der Waals surface area contributed by atoms with Crippen molar-refractivity contribution in [1.82, 2.24) is 5.32 Å². The first-order valence-corrected chi connectivity index (χ1v) is 8.50. The number of hydrogen-bond acceptors (Lipinski definition) is 3. The first kappa shape index (κ1) is 17.4. The van der Waals surface area contributed by atoms with Gasteiger partial charge in [0.05, 0.1) is 11.9 Å². The maximum Gasteiger partial charge on any atom is 0.243 e. The van der Waals surface area contributed by atoms with Crippen LogP contribution in [0.15, 0.2) is 24.3 Å². The molecule has 1 N–H and O–H groups in total. The molecule has 1 aromatic carbocycles. The molecule has 0 fully saturated rings. The number of nitrogens with zero attached hydrogens (tertiary/aromatic N) is 1. The van der Waals surface area contributed by atoms with E-state index < -0.39 is 27.8 Å². The third-order valence-electron chi connectivity index (χ3n) is 2.85. The van der Waals surface area contributed by atoms with E-state index in [1.54, 1.807) is 0 Å². The van der Waals surface area contributed by atoms with Crippen LogP contribution in [-0.2, 0) is 14.8 Å². The highest BCUT2D eigenvalue weighted by Crippen LogP contribution is 2.21. The fourth-order valence-corrected chi connectivity index (χ4v) is 3.02. The Balaban J connectivity index is 3.03. The van der Waals surface area contributed by atoms with Crippen molar-refractivity contribution in [3.05, 3.63) is 30.1 Å². The Morgan fingerprint density at radius 3 is 2.19 bits per heavy atom. The summed E-state index contributed by atoms with van der Waals surface area (Å²) in [6, 6.07) is 4.08. The highest BCUT2D eigenvalue weighted by molar-refractivity contribution is 7.92. The van der Waals surface area contributed by atoms with E-state index >= 15 is 0 Å². The highest BCUT2D eigenvalue weighted by atomic mass is 32.2. The van der Waals surface area contributed by atoms with E-state index in [1.807, 2.05) is 13.8 Å². The first-order valence-electron chi connectivity index (χ1n) is 6.65. The molecule has 0 radical (unpaired) electrons. The van der Waals surface area contributed by atoms with Gasteiger partial charge in [-0.3, -0.25) is 9.10 Å². The van der Waals surface area contributed by atoms with Gasteiger partial charge in [0.15, 0.2) is 0 Å². The van der Waals surface area contributed by atoms with Crippen LogP contribution in [0.5, 0.6) is 0 Å².